The molecule has 0 spiro atoms. The Morgan fingerprint density at radius 1 is 1.55 bits per heavy atom. The van der Waals surface area contributed by atoms with Crippen LogP contribution >= 0.6 is 23.1 Å². The number of thioether (sulfide) groups is 1. The van der Waals surface area contributed by atoms with Gasteiger partial charge in [-0.2, -0.15) is 0 Å². The normalized spacial score (nSPS) is 15.0. The number of nitrogens with zero attached hydrogens (tertiary/aromatic N) is 4. The van der Waals surface area contributed by atoms with Gasteiger partial charge in [-0.25, -0.2) is 9.48 Å². The molecule has 104 valence electrons. The molecule has 3 rings (SSSR count). The van der Waals surface area contributed by atoms with Gasteiger partial charge in [0.1, 0.15) is 0 Å². The van der Waals surface area contributed by atoms with Gasteiger partial charge in [-0.3, -0.25) is 0 Å². The molecular weight excluding hydrogens is 296 g/mol. The van der Waals surface area contributed by atoms with Crippen molar-refractivity contribution in [3.8, 4) is 0 Å². The third-order valence-electron chi connectivity index (χ3n) is 2.77. The monoisotopic (exact) mass is 308 g/mol. The highest BCUT2D eigenvalue weighted by atomic mass is 32.2. The number of aromatic nitrogens is 4. The average molecular weight is 308 g/mol. The molecule has 2 heterocycles. The molecule has 0 saturated heterocycles. The zero-order valence-corrected chi connectivity index (χ0v) is 12.1. The van der Waals surface area contributed by atoms with Crippen LogP contribution in [0.15, 0.2) is 23.4 Å². The first-order chi connectivity index (χ1) is 9.72. The summed E-state index contributed by atoms with van der Waals surface area (Å²) in [6, 6.07) is 4.40. The summed E-state index contributed by atoms with van der Waals surface area (Å²) in [5, 5.41) is 21.2. The van der Waals surface area contributed by atoms with Gasteiger partial charge in [0.2, 0.25) is 5.16 Å². The van der Waals surface area contributed by atoms with Gasteiger partial charge in [0.25, 0.3) is 0 Å². The maximum absolute atomic E-state index is 10.5. The van der Waals surface area contributed by atoms with Crippen LogP contribution in [-0.2, 0) is 10.5 Å². The van der Waals surface area contributed by atoms with Crippen LogP contribution in [0.25, 0.3) is 6.08 Å². The van der Waals surface area contributed by atoms with Crippen LogP contribution in [0.4, 0.5) is 0 Å². The zero-order chi connectivity index (χ0) is 13.9. The first-order valence-corrected chi connectivity index (χ1v) is 7.93. The molecule has 1 fully saturated rings. The minimum atomic E-state index is -0.932. The second-order valence-corrected chi connectivity index (χ2v) is 6.54. The summed E-state index contributed by atoms with van der Waals surface area (Å²) in [5.74, 6) is -0.142. The first kappa shape index (κ1) is 13.3. The maximum Gasteiger partial charge on any atom is 0.328 e. The minimum Gasteiger partial charge on any atom is -0.478 e. The Labute approximate surface area is 123 Å². The lowest BCUT2D eigenvalue weighted by molar-refractivity contribution is -0.131. The molecule has 0 aliphatic heterocycles. The highest BCUT2D eigenvalue weighted by molar-refractivity contribution is 7.98. The summed E-state index contributed by atoms with van der Waals surface area (Å²) in [6.45, 7) is 0. The number of aliphatic carboxylic acids is 1. The van der Waals surface area contributed by atoms with Gasteiger partial charge in [0.05, 0.1) is 6.04 Å². The van der Waals surface area contributed by atoms with Gasteiger partial charge in [-0.05, 0) is 41.5 Å². The van der Waals surface area contributed by atoms with Gasteiger partial charge in [-0.15, -0.1) is 16.4 Å². The van der Waals surface area contributed by atoms with Crippen LogP contribution in [-0.4, -0.2) is 31.3 Å². The summed E-state index contributed by atoms with van der Waals surface area (Å²) in [7, 11) is 0. The summed E-state index contributed by atoms with van der Waals surface area (Å²) in [4.78, 5) is 12.6. The Kier molecular flexibility index (Phi) is 3.83. The van der Waals surface area contributed by atoms with Crippen molar-refractivity contribution in [1.29, 1.82) is 0 Å². The molecule has 0 aromatic carbocycles. The molecule has 2 aromatic rings. The molecule has 0 amide bonds. The number of tetrazole rings is 1. The topological polar surface area (TPSA) is 80.9 Å². The molecule has 0 bridgehead atoms. The molecule has 6 nitrogen and oxygen atoms in total. The Bertz CT molecular complexity index is 645. The summed E-state index contributed by atoms with van der Waals surface area (Å²) >= 11 is 3.19. The van der Waals surface area contributed by atoms with E-state index in [0.29, 0.717) is 6.04 Å². The summed E-state index contributed by atoms with van der Waals surface area (Å²) < 4.78 is 1.89. The minimum absolute atomic E-state index is 0.477. The molecule has 0 radical (unpaired) electrons. The van der Waals surface area contributed by atoms with Gasteiger partial charge >= 0.3 is 5.97 Å². The van der Waals surface area contributed by atoms with E-state index in [4.69, 9.17) is 5.11 Å². The maximum atomic E-state index is 10.5. The fraction of sp³-hybridized carbons (Fsp3) is 0.333. The molecule has 2 aromatic heterocycles. The smallest absolute Gasteiger partial charge is 0.328 e. The van der Waals surface area contributed by atoms with Crippen molar-refractivity contribution in [1.82, 2.24) is 20.2 Å². The summed E-state index contributed by atoms with van der Waals surface area (Å²) in [5.41, 5.74) is 0. The lowest BCUT2D eigenvalue weighted by Crippen LogP contribution is -1.98. The number of carboxylic acids is 1. The van der Waals surface area contributed by atoms with E-state index in [1.165, 1.54) is 4.88 Å². The number of rotatable bonds is 6. The van der Waals surface area contributed by atoms with Crippen molar-refractivity contribution < 1.29 is 9.90 Å². The highest BCUT2D eigenvalue weighted by Gasteiger charge is 2.27. The molecule has 8 heteroatoms. The third-order valence-corrected chi connectivity index (χ3v) is 4.99. The van der Waals surface area contributed by atoms with Crippen LogP contribution < -0.4 is 0 Å². The Hall–Kier alpha value is -1.67. The highest BCUT2D eigenvalue weighted by Crippen LogP contribution is 2.37. The fourth-order valence-electron chi connectivity index (χ4n) is 1.68. The second-order valence-electron chi connectivity index (χ2n) is 4.40. The largest absolute Gasteiger partial charge is 0.478 e. The second kappa shape index (κ2) is 5.76. The molecule has 0 unspecified atom stereocenters. The van der Waals surface area contributed by atoms with Gasteiger partial charge in [0, 0.05) is 21.6 Å². The van der Waals surface area contributed by atoms with Crippen LogP contribution in [0.1, 0.15) is 28.6 Å². The lowest BCUT2D eigenvalue weighted by Gasteiger charge is -2.00. The van der Waals surface area contributed by atoms with E-state index >= 15 is 0 Å². The SMILES string of the molecule is O=C(O)C=Cc1ccc(CSc2nnnn2C2CC2)s1. The van der Waals surface area contributed by atoms with Crippen molar-refractivity contribution in [2.75, 3.05) is 0 Å². The van der Waals surface area contributed by atoms with Crippen LogP contribution in [0.3, 0.4) is 0 Å². The molecule has 20 heavy (non-hydrogen) atoms. The standard InChI is InChI=1S/C12H12N4O2S2/c17-11(18)6-5-9-3-4-10(20-9)7-19-12-13-14-15-16(12)8-1-2-8/h3-6,8H,1-2,7H2,(H,17,18). The number of hydrogen-bond acceptors (Lipinski definition) is 6. The van der Waals surface area contributed by atoms with Crippen molar-refractivity contribution in [2.45, 2.75) is 29.8 Å². The Morgan fingerprint density at radius 2 is 2.40 bits per heavy atom. The third kappa shape index (κ3) is 3.26. The number of carbonyl (C=O) groups is 1. The van der Waals surface area contributed by atoms with Crippen molar-refractivity contribution in [2.24, 2.45) is 0 Å². The number of hydrogen-bond donors (Lipinski definition) is 1. The van der Waals surface area contributed by atoms with E-state index in [1.807, 2.05) is 16.8 Å². The Balaban J connectivity index is 1.60. The van der Waals surface area contributed by atoms with Crippen LogP contribution in [0.5, 0.6) is 0 Å². The predicted molar refractivity (Wildman–Crippen MR) is 76.6 cm³/mol. The van der Waals surface area contributed by atoms with E-state index in [2.05, 4.69) is 15.5 Å². The van der Waals surface area contributed by atoms with Gasteiger partial charge < -0.3 is 5.11 Å². The molecule has 1 saturated carbocycles. The number of thiophene rings is 1. The molecular formula is C12H12N4O2S2. The van der Waals surface area contributed by atoms with E-state index in [-0.39, 0.29) is 0 Å². The van der Waals surface area contributed by atoms with Gasteiger partial charge in [-0.1, -0.05) is 11.8 Å². The van der Waals surface area contributed by atoms with Crippen molar-refractivity contribution >= 4 is 35.1 Å². The van der Waals surface area contributed by atoms with Gasteiger partial charge in [0.15, 0.2) is 0 Å². The van der Waals surface area contributed by atoms with E-state index in [0.717, 1.165) is 34.7 Å². The van der Waals surface area contributed by atoms with E-state index in [9.17, 15) is 4.79 Å². The van der Waals surface area contributed by atoms with Crippen LogP contribution in [0, 0.1) is 0 Å². The molecule has 1 N–H and O–H groups in total. The van der Waals surface area contributed by atoms with E-state index in [1.54, 1.807) is 29.2 Å². The lowest BCUT2D eigenvalue weighted by atomic mass is 10.4. The van der Waals surface area contributed by atoms with Crippen LogP contribution in [0.2, 0.25) is 0 Å². The molecule has 0 atom stereocenters. The summed E-state index contributed by atoms with van der Waals surface area (Å²) in [6.07, 6.45) is 5.06. The predicted octanol–water partition coefficient (Wildman–Crippen LogP) is 2.46. The van der Waals surface area contributed by atoms with E-state index < -0.39 is 5.97 Å². The molecule has 1 aliphatic rings. The quantitative estimate of drug-likeness (QED) is 0.652. The first-order valence-electron chi connectivity index (χ1n) is 6.13. The van der Waals surface area contributed by atoms with Crippen molar-refractivity contribution in [3.63, 3.8) is 0 Å². The molecule has 1 aliphatic carbocycles. The fourth-order valence-corrected chi connectivity index (χ4v) is 3.58. The zero-order valence-electron chi connectivity index (χ0n) is 10.5. The number of carboxylic acid groups (broad SMARTS) is 1. The van der Waals surface area contributed by atoms with Crippen molar-refractivity contribution in [3.05, 3.63) is 28.0 Å². The Morgan fingerprint density at radius 3 is 3.15 bits per heavy atom. The average Bonchev–Trinajstić information content (AvgIpc) is 3.00.